The lowest BCUT2D eigenvalue weighted by atomic mass is 10.0. The highest BCUT2D eigenvalue weighted by atomic mass is 16.6. The van der Waals surface area contributed by atoms with Gasteiger partial charge < -0.3 is 5.32 Å². The van der Waals surface area contributed by atoms with Crippen LogP contribution in [0.3, 0.4) is 0 Å². The van der Waals surface area contributed by atoms with Gasteiger partial charge in [0.05, 0.1) is 4.92 Å². The summed E-state index contributed by atoms with van der Waals surface area (Å²) in [7, 11) is 0. The Balaban J connectivity index is 2.14. The second-order valence-electron chi connectivity index (χ2n) is 5.36. The highest BCUT2D eigenvalue weighted by Crippen LogP contribution is 2.24. The molecule has 1 aliphatic rings. The fourth-order valence-electron chi connectivity index (χ4n) is 2.93. The molecule has 0 aliphatic carbocycles. The quantitative estimate of drug-likeness (QED) is 0.663. The molecule has 1 aliphatic heterocycles. The summed E-state index contributed by atoms with van der Waals surface area (Å²) in [5.41, 5.74) is 2.09. The predicted molar refractivity (Wildman–Crippen MR) is 79.8 cm³/mol. The molecule has 1 fully saturated rings. The van der Waals surface area contributed by atoms with E-state index in [0.717, 1.165) is 50.1 Å². The van der Waals surface area contributed by atoms with Crippen molar-refractivity contribution in [2.24, 2.45) is 0 Å². The number of piperidine rings is 1. The molecule has 0 bridgehead atoms. The molecule has 0 spiro atoms. The summed E-state index contributed by atoms with van der Waals surface area (Å²) < 4.78 is 0. The van der Waals surface area contributed by atoms with Crippen LogP contribution in [-0.4, -0.2) is 35.5 Å². The van der Waals surface area contributed by atoms with E-state index in [9.17, 15) is 10.1 Å². The molecule has 1 aromatic carbocycles. The molecule has 0 saturated carbocycles. The van der Waals surface area contributed by atoms with Crippen molar-refractivity contribution in [1.29, 1.82) is 0 Å². The number of nitro groups is 1. The monoisotopic (exact) mass is 277 g/mol. The average molecular weight is 277 g/mol. The van der Waals surface area contributed by atoms with Gasteiger partial charge in [-0.3, -0.25) is 15.0 Å². The smallest absolute Gasteiger partial charge is 0.272 e. The van der Waals surface area contributed by atoms with E-state index in [1.54, 1.807) is 12.1 Å². The van der Waals surface area contributed by atoms with Gasteiger partial charge in [-0.05, 0) is 45.0 Å². The molecule has 5 nitrogen and oxygen atoms in total. The maximum absolute atomic E-state index is 11.0. The van der Waals surface area contributed by atoms with Gasteiger partial charge in [-0.1, -0.05) is 19.1 Å². The van der Waals surface area contributed by atoms with Gasteiger partial charge in [0.2, 0.25) is 0 Å². The SMILES string of the molecule is CCN(Cc1cccc([N+](=O)[O-])c1C)C1CCNCC1. The van der Waals surface area contributed by atoms with Crippen LogP contribution in [0.4, 0.5) is 5.69 Å². The molecule has 1 heterocycles. The van der Waals surface area contributed by atoms with Crippen LogP contribution in [0.2, 0.25) is 0 Å². The molecule has 2 rings (SSSR count). The van der Waals surface area contributed by atoms with Gasteiger partial charge in [-0.2, -0.15) is 0 Å². The molecule has 5 heteroatoms. The number of benzene rings is 1. The van der Waals surface area contributed by atoms with E-state index >= 15 is 0 Å². The van der Waals surface area contributed by atoms with Crippen LogP contribution < -0.4 is 5.32 Å². The molecule has 110 valence electrons. The molecule has 20 heavy (non-hydrogen) atoms. The lowest BCUT2D eigenvalue weighted by Crippen LogP contribution is -2.42. The number of nitro benzene ring substituents is 1. The first-order valence-electron chi connectivity index (χ1n) is 7.31. The molecule has 1 N–H and O–H groups in total. The summed E-state index contributed by atoms with van der Waals surface area (Å²) in [6, 6.07) is 5.96. The molecule has 0 unspecified atom stereocenters. The van der Waals surface area contributed by atoms with E-state index in [1.807, 2.05) is 13.0 Å². The number of nitrogens with zero attached hydrogens (tertiary/aromatic N) is 2. The Morgan fingerprint density at radius 2 is 2.10 bits per heavy atom. The van der Waals surface area contributed by atoms with Gasteiger partial charge in [0.1, 0.15) is 0 Å². The standard InChI is InChI=1S/C15H23N3O2/c1-3-17(14-7-9-16-10-8-14)11-13-5-4-6-15(12(13)2)18(19)20/h4-6,14,16H,3,7-11H2,1-2H3. The van der Waals surface area contributed by atoms with Crippen LogP contribution in [0.15, 0.2) is 18.2 Å². The Bertz CT molecular complexity index is 470. The molecule has 0 radical (unpaired) electrons. The van der Waals surface area contributed by atoms with E-state index in [1.165, 1.54) is 0 Å². The summed E-state index contributed by atoms with van der Waals surface area (Å²) in [5, 5.41) is 14.4. The Morgan fingerprint density at radius 1 is 1.40 bits per heavy atom. The Hall–Kier alpha value is -1.46. The molecular weight excluding hydrogens is 254 g/mol. The maximum Gasteiger partial charge on any atom is 0.272 e. The lowest BCUT2D eigenvalue weighted by Gasteiger charge is -2.34. The van der Waals surface area contributed by atoms with Crippen LogP contribution in [-0.2, 0) is 6.54 Å². The van der Waals surface area contributed by atoms with Gasteiger partial charge in [-0.15, -0.1) is 0 Å². The highest BCUT2D eigenvalue weighted by molar-refractivity contribution is 5.44. The zero-order valence-corrected chi connectivity index (χ0v) is 12.3. The second-order valence-corrected chi connectivity index (χ2v) is 5.36. The highest BCUT2D eigenvalue weighted by Gasteiger charge is 2.21. The normalized spacial score (nSPS) is 16.6. The Morgan fingerprint density at radius 3 is 2.70 bits per heavy atom. The first-order valence-corrected chi connectivity index (χ1v) is 7.31. The Labute approximate surface area is 120 Å². The third-order valence-corrected chi connectivity index (χ3v) is 4.22. The van der Waals surface area contributed by atoms with Crippen molar-refractivity contribution in [2.45, 2.75) is 39.3 Å². The van der Waals surface area contributed by atoms with Crippen molar-refractivity contribution in [2.75, 3.05) is 19.6 Å². The van der Waals surface area contributed by atoms with Crippen LogP contribution in [0, 0.1) is 17.0 Å². The van der Waals surface area contributed by atoms with Crippen molar-refractivity contribution in [3.63, 3.8) is 0 Å². The zero-order chi connectivity index (χ0) is 14.5. The molecule has 1 saturated heterocycles. The van der Waals surface area contributed by atoms with Crippen LogP contribution >= 0.6 is 0 Å². The molecule has 0 atom stereocenters. The number of rotatable bonds is 5. The average Bonchev–Trinajstić information content (AvgIpc) is 2.47. The Kier molecular flexibility index (Phi) is 5.09. The van der Waals surface area contributed by atoms with Crippen LogP contribution in [0.5, 0.6) is 0 Å². The van der Waals surface area contributed by atoms with E-state index in [4.69, 9.17) is 0 Å². The number of hydrogen-bond acceptors (Lipinski definition) is 4. The minimum Gasteiger partial charge on any atom is -0.317 e. The van der Waals surface area contributed by atoms with E-state index in [-0.39, 0.29) is 10.6 Å². The number of hydrogen-bond donors (Lipinski definition) is 1. The van der Waals surface area contributed by atoms with Crippen molar-refractivity contribution in [3.05, 3.63) is 39.4 Å². The van der Waals surface area contributed by atoms with Gasteiger partial charge in [0.25, 0.3) is 5.69 Å². The van der Waals surface area contributed by atoms with Gasteiger partial charge in [0.15, 0.2) is 0 Å². The van der Waals surface area contributed by atoms with Gasteiger partial charge in [-0.25, -0.2) is 0 Å². The first kappa shape index (κ1) is 14.9. The van der Waals surface area contributed by atoms with E-state index < -0.39 is 0 Å². The minimum absolute atomic E-state index is 0.226. The van der Waals surface area contributed by atoms with Crippen molar-refractivity contribution >= 4 is 5.69 Å². The van der Waals surface area contributed by atoms with Gasteiger partial charge >= 0.3 is 0 Å². The topological polar surface area (TPSA) is 58.4 Å². The third-order valence-electron chi connectivity index (χ3n) is 4.22. The van der Waals surface area contributed by atoms with E-state index in [0.29, 0.717) is 6.04 Å². The summed E-state index contributed by atoms with van der Waals surface area (Å²) >= 11 is 0. The first-order chi connectivity index (χ1) is 9.63. The fraction of sp³-hybridized carbons (Fsp3) is 0.600. The summed E-state index contributed by atoms with van der Waals surface area (Å²) in [6.07, 6.45) is 2.31. The van der Waals surface area contributed by atoms with Crippen molar-refractivity contribution in [3.8, 4) is 0 Å². The predicted octanol–water partition coefficient (Wildman–Crippen LogP) is 2.48. The minimum atomic E-state index is -0.292. The third kappa shape index (κ3) is 3.35. The maximum atomic E-state index is 11.0. The molecular formula is C15H23N3O2. The summed E-state index contributed by atoms with van der Waals surface area (Å²) in [6.45, 7) is 7.92. The summed E-state index contributed by atoms with van der Waals surface area (Å²) in [5.74, 6) is 0. The molecule has 1 aromatic rings. The van der Waals surface area contributed by atoms with E-state index in [2.05, 4.69) is 17.1 Å². The van der Waals surface area contributed by atoms with Gasteiger partial charge in [0, 0.05) is 24.2 Å². The second kappa shape index (κ2) is 6.81. The largest absolute Gasteiger partial charge is 0.317 e. The molecule has 0 amide bonds. The fourth-order valence-corrected chi connectivity index (χ4v) is 2.93. The lowest BCUT2D eigenvalue weighted by molar-refractivity contribution is -0.385. The zero-order valence-electron chi connectivity index (χ0n) is 12.3. The van der Waals surface area contributed by atoms with Crippen LogP contribution in [0.25, 0.3) is 0 Å². The number of nitrogens with one attached hydrogen (secondary N) is 1. The van der Waals surface area contributed by atoms with Crippen LogP contribution in [0.1, 0.15) is 30.9 Å². The molecule has 0 aromatic heterocycles. The van der Waals surface area contributed by atoms with Crippen molar-refractivity contribution in [1.82, 2.24) is 10.2 Å². The van der Waals surface area contributed by atoms with Crippen molar-refractivity contribution < 1.29 is 4.92 Å². The summed E-state index contributed by atoms with van der Waals surface area (Å²) in [4.78, 5) is 13.2.